The molecule has 0 saturated carbocycles. The molecule has 0 radical (unpaired) electrons. The number of benzene rings is 2. The van der Waals surface area contributed by atoms with E-state index in [9.17, 15) is 4.39 Å². The molecule has 19 heavy (non-hydrogen) atoms. The zero-order valence-corrected chi connectivity index (χ0v) is 12.1. The number of halogens is 2. The van der Waals surface area contributed by atoms with Crippen LogP contribution in [0.1, 0.15) is 33.9 Å². The molecule has 0 spiro atoms. The van der Waals surface area contributed by atoms with Crippen LogP contribution < -0.4 is 5.73 Å². The van der Waals surface area contributed by atoms with Crippen LogP contribution in [0, 0.1) is 26.6 Å². The van der Waals surface area contributed by atoms with Crippen molar-refractivity contribution >= 4 is 11.6 Å². The fourth-order valence-electron chi connectivity index (χ4n) is 2.24. The molecule has 1 unspecified atom stereocenters. The van der Waals surface area contributed by atoms with Gasteiger partial charge in [0, 0.05) is 10.6 Å². The Morgan fingerprint density at radius 2 is 1.58 bits per heavy atom. The Bertz CT molecular complexity index is 622. The normalized spacial score (nSPS) is 12.5. The quantitative estimate of drug-likeness (QED) is 0.862. The molecule has 2 N–H and O–H groups in total. The topological polar surface area (TPSA) is 26.0 Å². The lowest BCUT2D eigenvalue weighted by Gasteiger charge is -2.18. The van der Waals surface area contributed by atoms with E-state index >= 15 is 0 Å². The van der Waals surface area contributed by atoms with E-state index in [1.54, 1.807) is 12.1 Å². The minimum absolute atomic E-state index is 0.363. The Kier molecular flexibility index (Phi) is 3.93. The van der Waals surface area contributed by atoms with Gasteiger partial charge in [0.1, 0.15) is 5.82 Å². The lowest BCUT2D eigenvalue weighted by molar-refractivity contribution is 0.599. The molecule has 0 amide bonds. The summed E-state index contributed by atoms with van der Waals surface area (Å²) < 4.78 is 13.9. The van der Waals surface area contributed by atoms with Gasteiger partial charge < -0.3 is 5.73 Å². The molecule has 0 aliphatic rings. The van der Waals surface area contributed by atoms with Gasteiger partial charge in [-0.15, -0.1) is 0 Å². The zero-order valence-electron chi connectivity index (χ0n) is 11.3. The van der Waals surface area contributed by atoms with E-state index in [4.69, 9.17) is 17.3 Å². The molecular formula is C16H17ClFN. The molecule has 2 rings (SSSR count). The Labute approximate surface area is 118 Å². The average Bonchev–Trinajstić information content (AvgIpc) is 2.33. The first-order valence-electron chi connectivity index (χ1n) is 6.18. The monoisotopic (exact) mass is 277 g/mol. The molecule has 0 aliphatic carbocycles. The van der Waals surface area contributed by atoms with Crippen molar-refractivity contribution in [1.82, 2.24) is 0 Å². The summed E-state index contributed by atoms with van der Waals surface area (Å²) in [4.78, 5) is 0. The van der Waals surface area contributed by atoms with Crippen LogP contribution in [0.25, 0.3) is 0 Å². The van der Waals surface area contributed by atoms with Gasteiger partial charge in [-0.05, 0) is 55.2 Å². The minimum atomic E-state index is -0.475. The van der Waals surface area contributed by atoms with Crippen molar-refractivity contribution in [3.05, 3.63) is 69.0 Å². The Hall–Kier alpha value is -1.38. The molecule has 0 fully saturated rings. The Morgan fingerprint density at radius 1 is 0.947 bits per heavy atom. The second kappa shape index (κ2) is 5.32. The van der Waals surface area contributed by atoms with Gasteiger partial charge in [0.2, 0.25) is 0 Å². The van der Waals surface area contributed by atoms with Crippen LogP contribution in [0.2, 0.25) is 5.02 Å². The van der Waals surface area contributed by atoms with Crippen LogP contribution in [0.3, 0.4) is 0 Å². The van der Waals surface area contributed by atoms with Crippen molar-refractivity contribution in [2.45, 2.75) is 26.8 Å². The first-order valence-corrected chi connectivity index (χ1v) is 6.56. The van der Waals surface area contributed by atoms with Gasteiger partial charge in [0.25, 0.3) is 0 Å². The smallest absolute Gasteiger partial charge is 0.129 e. The van der Waals surface area contributed by atoms with Crippen molar-refractivity contribution in [2.75, 3.05) is 0 Å². The summed E-state index contributed by atoms with van der Waals surface area (Å²) in [5.74, 6) is -0.363. The number of nitrogens with two attached hydrogens (primary N) is 1. The van der Waals surface area contributed by atoms with E-state index in [0.717, 1.165) is 16.7 Å². The van der Waals surface area contributed by atoms with Crippen LogP contribution in [-0.4, -0.2) is 0 Å². The third kappa shape index (κ3) is 2.80. The number of rotatable bonds is 2. The molecule has 0 saturated heterocycles. The minimum Gasteiger partial charge on any atom is -0.320 e. The Balaban J connectivity index is 2.49. The van der Waals surface area contributed by atoms with Gasteiger partial charge in [-0.25, -0.2) is 4.39 Å². The van der Waals surface area contributed by atoms with Crippen LogP contribution in [-0.2, 0) is 0 Å². The van der Waals surface area contributed by atoms with E-state index in [-0.39, 0.29) is 5.82 Å². The molecule has 1 atom stereocenters. The number of hydrogen-bond donors (Lipinski definition) is 1. The molecular weight excluding hydrogens is 261 g/mol. The van der Waals surface area contributed by atoms with E-state index in [0.29, 0.717) is 10.6 Å². The van der Waals surface area contributed by atoms with E-state index in [2.05, 4.69) is 13.0 Å². The van der Waals surface area contributed by atoms with Gasteiger partial charge >= 0.3 is 0 Å². The largest absolute Gasteiger partial charge is 0.320 e. The van der Waals surface area contributed by atoms with Gasteiger partial charge in [0.15, 0.2) is 0 Å². The SMILES string of the molecule is Cc1cc(C)c(C(N)c2ccc(Cl)cc2F)cc1C. The maximum atomic E-state index is 13.9. The van der Waals surface area contributed by atoms with Crippen molar-refractivity contribution in [2.24, 2.45) is 5.73 Å². The summed E-state index contributed by atoms with van der Waals surface area (Å²) in [6.07, 6.45) is 0. The van der Waals surface area contributed by atoms with Gasteiger partial charge in [-0.3, -0.25) is 0 Å². The van der Waals surface area contributed by atoms with Crippen LogP contribution in [0.15, 0.2) is 30.3 Å². The molecule has 1 nitrogen and oxygen atoms in total. The first-order chi connectivity index (χ1) is 8.90. The highest BCUT2D eigenvalue weighted by Gasteiger charge is 2.16. The van der Waals surface area contributed by atoms with E-state index in [1.165, 1.54) is 11.6 Å². The second-order valence-corrected chi connectivity index (χ2v) is 5.37. The Morgan fingerprint density at radius 3 is 2.21 bits per heavy atom. The molecule has 100 valence electrons. The summed E-state index contributed by atoms with van der Waals surface area (Å²) in [5.41, 5.74) is 11.1. The highest BCUT2D eigenvalue weighted by Crippen LogP contribution is 2.28. The molecule has 2 aromatic carbocycles. The molecule has 0 aliphatic heterocycles. The molecule has 0 bridgehead atoms. The van der Waals surface area contributed by atoms with E-state index in [1.807, 2.05) is 19.9 Å². The van der Waals surface area contributed by atoms with Crippen LogP contribution >= 0.6 is 11.6 Å². The molecule has 3 heteroatoms. The third-order valence-electron chi connectivity index (χ3n) is 3.51. The van der Waals surface area contributed by atoms with Gasteiger partial charge in [0.05, 0.1) is 6.04 Å². The maximum Gasteiger partial charge on any atom is 0.129 e. The summed E-state index contributed by atoms with van der Waals surface area (Å²) in [7, 11) is 0. The standard InChI is InChI=1S/C16H17ClFN/c1-9-6-11(3)14(7-10(9)2)16(19)13-5-4-12(17)8-15(13)18/h4-8,16H,19H2,1-3H3. The van der Waals surface area contributed by atoms with Crippen molar-refractivity contribution < 1.29 is 4.39 Å². The van der Waals surface area contributed by atoms with Gasteiger partial charge in [-0.2, -0.15) is 0 Å². The fraction of sp³-hybridized carbons (Fsp3) is 0.250. The van der Waals surface area contributed by atoms with E-state index < -0.39 is 6.04 Å². The maximum absolute atomic E-state index is 13.9. The number of hydrogen-bond acceptors (Lipinski definition) is 1. The van der Waals surface area contributed by atoms with Crippen LogP contribution in [0.4, 0.5) is 4.39 Å². The van der Waals surface area contributed by atoms with Crippen molar-refractivity contribution in [3.8, 4) is 0 Å². The summed E-state index contributed by atoms with van der Waals surface area (Å²) in [5, 5.41) is 0.380. The lowest BCUT2D eigenvalue weighted by atomic mass is 9.92. The lowest BCUT2D eigenvalue weighted by Crippen LogP contribution is -2.15. The highest BCUT2D eigenvalue weighted by molar-refractivity contribution is 6.30. The third-order valence-corrected chi connectivity index (χ3v) is 3.75. The van der Waals surface area contributed by atoms with Gasteiger partial charge in [-0.1, -0.05) is 29.8 Å². The average molecular weight is 278 g/mol. The second-order valence-electron chi connectivity index (χ2n) is 4.94. The number of aryl methyl sites for hydroxylation is 3. The highest BCUT2D eigenvalue weighted by atomic mass is 35.5. The molecule has 0 heterocycles. The molecule has 0 aromatic heterocycles. The predicted molar refractivity (Wildman–Crippen MR) is 78.1 cm³/mol. The zero-order chi connectivity index (χ0) is 14.2. The predicted octanol–water partition coefficient (Wildman–Crippen LogP) is 4.45. The first kappa shape index (κ1) is 14.0. The summed E-state index contributed by atoms with van der Waals surface area (Å²) >= 11 is 5.76. The van der Waals surface area contributed by atoms with Crippen LogP contribution in [0.5, 0.6) is 0 Å². The van der Waals surface area contributed by atoms with Crippen molar-refractivity contribution in [1.29, 1.82) is 0 Å². The fourth-order valence-corrected chi connectivity index (χ4v) is 2.40. The molecule has 2 aromatic rings. The van der Waals surface area contributed by atoms with Crippen molar-refractivity contribution in [3.63, 3.8) is 0 Å². The summed E-state index contributed by atoms with van der Waals surface area (Å²) in [6.45, 7) is 6.08. The summed E-state index contributed by atoms with van der Waals surface area (Å²) in [6, 6.07) is 8.25.